The van der Waals surface area contributed by atoms with E-state index in [1.165, 1.54) is 6.07 Å². The molecule has 0 bridgehead atoms. The Morgan fingerprint density at radius 1 is 1.27 bits per heavy atom. The number of aryl methyl sites for hydroxylation is 1. The molecule has 0 aromatic heterocycles. The normalized spacial score (nSPS) is 10.8. The minimum atomic E-state index is -4.06. The second-order valence-corrected chi connectivity index (χ2v) is 4.58. The Morgan fingerprint density at radius 2 is 1.87 bits per heavy atom. The van der Waals surface area contributed by atoms with Gasteiger partial charge in [-0.05, 0) is 24.5 Å². The zero-order chi connectivity index (χ0) is 10.6. The molecule has 3 nitrogen and oxygen atoms in total. The first kappa shape index (κ1) is 15.8. The number of unbranched alkanes of at least 4 members (excludes halogenated alkanes) is 1. The van der Waals surface area contributed by atoms with Crippen molar-refractivity contribution < 1.29 is 13.0 Å². The molecule has 0 saturated heterocycles. The molecule has 1 radical (unpaired) electrons. The van der Waals surface area contributed by atoms with E-state index in [1.807, 2.05) is 6.92 Å². The van der Waals surface area contributed by atoms with Crippen molar-refractivity contribution in [3.63, 3.8) is 0 Å². The summed E-state index contributed by atoms with van der Waals surface area (Å²) in [4.78, 5) is 0.0356. The number of benzene rings is 1. The number of rotatable bonds is 4. The maximum absolute atomic E-state index is 11.0. The van der Waals surface area contributed by atoms with Crippen molar-refractivity contribution in [3.05, 3.63) is 29.8 Å². The Balaban J connectivity index is 0.00000196. The van der Waals surface area contributed by atoms with E-state index in [1.54, 1.807) is 18.2 Å². The molecule has 15 heavy (non-hydrogen) atoms. The monoisotopic (exact) mass is 253 g/mol. The van der Waals surface area contributed by atoms with Crippen LogP contribution in [0.1, 0.15) is 25.3 Å². The minimum Gasteiger partial charge on any atom is -0.282 e. The van der Waals surface area contributed by atoms with E-state index in [0.717, 1.165) is 12.8 Å². The molecular formula is C10H14KO3S. The molecule has 79 valence electrons. The van der Waals surface area contributed by atoms with Crippen molar-refractivity contribution in [1.29, 1.82) is 0 Å². The SMILES string of the molecule is CCCCc1ccccc1S(=O)(=O)O.[K]. The van der Waals surface area contributed by atoms with Gasteiger partial charge >= 0.3 is 0 Å². The standard InChI is InChI=1S/C10H14O3S.K/c1-2-3-6-9-7-4-5-8-10(9)14(11,12)13;/h4-5,7-8H,2-3,6H2,1H3,(H,11,12,13);. The molecule has 1 aromatic rings. The number of hydrogen-bond donors (Lipinski definition) is 1. The van der Waals surface area contributed by atoms with Crippen LogP contribution in [0.5, 0.6) is 0 Å². The van der Waals surface area contributed by atoms with Gasteiger partial charge in [0, 0.05) is 51.4 Å². The molecule has 0 aliphatic carbocycles. The van der Waals surface area contributed by atoms with Crippen LogP contribution < -0.4 is 0 Å². The average Bonchev–Trinajstić information content (AvgIpc) is 2.14. The van der Waals surface area contributed by atoms with Crippen LogP contribution in [-0.4, -0.2) is 64.4 Å². The maximum Gasteiger partial charge on any atom is 0.294 e. The molecule has 1 N–H and O–H groups in total. The Bertz CT molecular complexity index is 401. The predicted molar refractivity (Wildman–Crippen MR) is 60.6 cm³/mol. The molecule has 5 heteroatoms. The van der Waals surface area contributed by atoms with Crippen molar-refractivity contribution in [3.8, 4) is 0 Å². The maximum atomic E-state index is 11.0. The first-order valence-electron chi connectivity index (χ1n) is 4.61. The second kappa shape index (κ2) is 7.16. The van der Waals surface area contributed by atoms with Crippen LogP contribution in [0.2, 0.25) is 0 Å². The molecule has 1 rings (SSSR count). The Kier molecular flexibility index (Phi) is 7.53. The minimum absolute atomic E-state index is 0. The zero-order valence-electron chi connectivity index (χ0n) is 9.10. The summed E-state index contributed by atoms with van der Waals surface area (Å²) < 4.78 is 30.9. The first-order chi connectivity index (χ1) is 6.55. The van der Waals surface area contributed by atoms with Crippen LogP contribution in [0.15, 0.2) is 29.2 Å². The molecule has 1 aromatic carbocycles. The topological polar surface area (TPSA) is 54.4 Å². The molecule has 0 aliphatic heterocycles. The fourth-order valence-corrected chi connectivity index (χ4v) is 2.08. The van der Waals surface area contributed by atoms with Crippen molar-refractivity contribution in [1.82, 2.24) is 0 Å². The summed E-state index contributed by atoms with van der Waals surface area (Å²) in [5.41, 5.74) is 0.692. The molecule has 0 fully saturated rings. The van der Waals surface area contributed by atoms with Gasteiger partial charge in [0.2, 0.25) is 0 Å². The second-order valence-electron chi connectivity index (χ2n) is 3.19. The quantitative estimate of drug-likeness (QED) is 0.658. The largest absolute Gasteiger partial charge is 0.294 e. The molecular weight excluding hydrogens is 239 g/mol. The van der Waals surface area contributed by atoms with E-state index in [0.29, 0.717) is 12.0 Å². The van der Waals surface area contributed by atoms with E-state index in [9.17, 15) is 8.42 Å². The van der Waals surface area contributed by atoms with Gasteiger partial charge in [0.25, 0.3) is 10.1 Å². The van der Waals surface area contributed by atoms with Crippen molar-refractivity contribution in [2.24, 2.45) is 0 Å². The van der Waals surface area contributed by atoms with Crippen molar-refractivity contribution >= 4 is 61.5 Å². The van der Waals surface area contributed by atoms with Crippen LogP contribution in [0, 0.1) is 0 Å². The third kappa shape index (κ3) is 5.08. The van der Waals surface area contributed by atoms with Gasteiger partial charge in [-0.2, -0.15) is 8.42 Å². The van der Waals surface area contributed by atoms with Gasteiger partial charge in [-0.25, -0.2) is 0 Å². The Morgan fingerprint density at radius 3 is 2.40 bits per heavy atom. The van der Waals surface area contributed by atoms with E-state index in [-0.39, 0.29) is 56.3 Å². The summed E-state index contributed by atoms with van der Waals surface area (Å²) in [6.45, 7) is 2.04. The van der Waals surface area contributed by atoms with Crippen molar-refractivity contribution in [2.75, 3.05) is 0 Å². The van der Waals surface area contributed by atoms with E-state index in [4.69, 9.17) is 4.55 Å². The van der Waals surface area contributed by atoms with E-state index < -0.39 is 10.1 Å². The first-order valence-corrected chi connectivity index (χ1v) is 6.05. The van der Waals surface area contributed by atoms with Gasteiger partial charge in [0.05, 0.1) is 4.90 Å². The van der Waals surface area contributed by atoms with Crippen LogP contribution >= 0.6 is 0 Å². The van der Waals surface area contributed by atoms with Gasteiger partial charge in [-0.1, -0.05) is 31.5 Å². The Labute approximate surface area is 133 Å². The number of hydrogen-bond acceptors (Lipinski definition) is 2. The van der Waals surface area contributed by atoms with E-state index >= 15 is 0 Å². The zero-order valence-corrected chi connectivity index (χ0v) is 13.0. The Hall–Kier alpha value is 0.766. The summed E-state index contributed by atoms with van der Waals surface area (Å²) in [6.07, 6.45) is 2.61. The third-order valence-corrected chi connectivity index (χ3v) is 3.00. The van der Waals surface area contributed by atoms with Gasteiger partial charge in [-0.3, -0.25) is 4.55 Å². The van der Waals surface area contributed by atoms with Crippen LogP contribution in [0.4, 0.5) is 0 Å². The summed E-state index contributed by atoms with van der Waals surface area (Å²) in [5, 5.41) is 0. The smallest absolute Gasteiger partial charge is 0.282 e. The summed E-state index contributed by atoms with van der Waals surface area (Å²) in [5.74, 6) is 0. The van der Waals surface area contributed by atoms with Crippen LogP contribution in [0.25, 0.3) is 0 Å². The summed E-state index contributed by atoms with van der Waals surface area (Å²) in [7, 11) is -4.06. The predicted octanol–water partition coefficient (Wildman–Crippen LogP) is 1.90. The average molecular weight is 253 g/mol. The molecule has 0 atom stereocenters. The summed E-state index contributed by atoms with van der Waals surface area (Å²) >= 11 is 0. The molecule has 0 saturated carbocycles. The molecule has 0 amide bonds. The molecule has 0 heterocycles. The van der Waals surface area contributed by atoms with E-state index in [2.05, 4.69) is 0 Å². The van der Waals surface area contributed by atoms with Crippen molar-refractivity contribution in [2.45, 2.75) is 31.1 Å². The van der Waals surface area contributed by atoms with Gasteiger partial charge < -0.3 is 0 Å². The van der Waals surface area contributed by atoms with Crippen LogP contribution in [-0.2, 0) is 16.5 Å². The van der Waals surface area contributed by atoms with Crippen LogP contribution in [0.3, 0.4) is 0 Å². The fourth-order valence-electron chi connectivity index (χ4n) is 1.33. The van der Waals surface area contributed by atoms with Gasteiger partial charge in [0.1, 0.15) is 0 Å². The van der Waals surface area contributed by atoms with Gasteiger partial charge in [0.15, 0.2) is 0 Å². The van der Waals surface area contributed by atoms with Gasteiger partial charge in [-0.15, -0.1) is 0 Å². The molecule has 0 spiro atoms. The molecule has 0 unspecified atom stereocenters. The summed E-state index contributed by atoms with van der Waals surface area (Å²) in [6, 6.07) is 6.55. The third-order valence-electron chi connectivity index (χ3n) is 2.05. The fraction of sp³-hybridized carbons (Fsp3) is 0.400. The molecule has 0 aliphatic rings.